The predicted octanol–water partition coefficient (Wildman–Crippen LogP) is 1.46. The van der Waals surface area contributed by atoms with Crippen LogP contribution in [0.4, 0.5) is 0 Å². The molecule has 5 nitrogen and oxygen atoms in total. The molecule has 0 bridgehead atoms. The molecule has 2 rings (SSSR count). The number of sulfonamides is 1. The van der Waals surface area contributed by atoms with E-state index in [1.807, 2.05) is 0 Å². The fourth-order valence-electron chi connectivity index (χ4n) is 2.43. The first-order valence-corrected chi connectivity index (χ1v) is 8.12. The number of hydrogen-bond donors (Lipinski definition) is 1. The second-order valence-corrected chi connectivity index (χ2v) is 7.33. The van der Waals surface area contributed by atoms with E-state index in [1.165, 1.54) is 17.5 Å². The molecule has 1 aromatic carbocycles. The predicted molar refractivity (Wildman–Crippen MR) is 76.0 cm³/mol. The molecule has 1 aromatic rings. The van der Waals surface area contributed by atoms with Crippen molar-refractivity contribution < 1.29 is 18.3 Å². The quantitative estimate of drug-likeness (QED) is 0.914. The molecule has 2 atom stereocenters. The SMILES string of the molecule is COc1ccc(CO)cc1S(=O)(=O)N1CC(C)C(C)C1. The van der Waals surface area contributed by atoms with Crippen molar-refractivity contribution in [1.82, 2.24) is 4.31 Å². The average Bonchev–Trinajstić information content (AvgIpc) is 2.78. The summed E-state index contributed by atoms with van der Waals surface area (Å²) in [7, 11) is -2.14. The van der Waals surface area contributed by atoms with Crippen LogP contribution in [0.5, 0.6) is 5.75 Å². The van der Waals surface area contributed by atoms with E-state index in [0.29, 0.717) is 36.2 Å². The lowest BCUT2D eigenvalue weighted by Crippen LogP contribution is -2.29. The maximum atomic E-state index is 12.7. The van der Waals surface area contributed by atoms with Gasteiger partial charge in [-0.1, -0.05) is 19.9 Å². The van der Waals surface area contributed by atoms with Gasteiger partial charge in [-0.3, -0.25) is 0 Å². The standard InChI is InChI=1S/C14H21NO4S/c1-10-7-15(8-11(10)2)20(17,18)14-6-12(9-16)4-5-13(14)19-3/h4-6,10-11,16H,7-9H2,1-3H3. The molecule has 1 N–H and O–H groups in total. The zero-order valence-corrected chi connectivity index (χ0v) is 12.9. The third-order valence-electron chi connectivity index (χ3n) is 3.98. The molecule has 20 heavy (non-hydrogen) atoms. The van der Waals surface area contributed by atoms with Crippen LogP contribution in [-0.2, 0) is 16.6 Å². The highest BCUT2D eigenvalue weighted by Crippen LogP contribution is 2.32. The van der Waals surface area contributed by atoms with Crippen molar-refractivity contribution in [3.63, 3.8) is 0 Å². The molecule has 1 aliphatic rings. The molecule has 1 heterocycles. The van der Waals surface area contributed by atoms with Crippen LogP contribution in [0.3, 0.4) is 0 Å². The Morgan fingerprint density at radius 2 is 1.90 bits per heavy atom. The Morgan fingerprint density at radius 1 is 1.30 bits per heavy atom. The molecule has 1 saturated heterocycles. The van der Waals surface area contributed by atoms with Gasteiger partial charge in [-0.25, -0.2) is 8.42 Å². The average molecular weight is 299 g/mol. The van der Waals surface area contributed by atoms with E-state index in [0.717, 1.165) is 0 Å². The minimum atomic E-state index is -3.58. The first kappa shape index (κ1) is 15.3. The van der Waals surface area contributed by atoms with Gasteiger partial charge in [-0.05, 0) is 29.5 Å². The highest BCUT2D eigenvalue weighted by Gasteiger charge is 2.36. The largest absolute Gasteiger partial charge is 0.495 e. The molecular formula is C14H21NO4S. The van der Waals surface area contributed by atoms with Crippen LogP contribution in [0, 0.1) is 11.8 Å². The molecule has 112 valence electrons. The van der Waals surface area contributed by atoms with Crippen LogP contribution >= 0.6 is 0 Å². The van der Waals surface area contributed by atoms with E-state index >= 15 is 0 Å². The molecule has 1 fully saturated rings. The van der Waals surface area contributed by atoms with Gasteiger partial charge in [0, 0.05) is 13.1 Å². The number of rotatable bonds is 4. The molecule has 0 saturated carbocycles. The van der Waals surface area contributed by atoms with E-state index in [1.54, 1.807) is 12.1 Å². The second kappa shape index (κ2) is 5.71. The fourth-order valence-corrected chi connectivity index (χ4v) is 4.28. The van der Waals surface area contributed by atoms with Gasteiger partial charge in [-0.2, -0.15) is 4.31 Å². The summed E-state index contributed by atoms with van der Waals surface area (Å²) in [4.78, 5) is 0.132. The number of aliphatic hydroxyl groups excluding tert-OH is 1. The summed E-state index contributed by atoms with van der Waals surface area (Å²) >= 11 is 0. The zero-order chi connectivity index (χ0) is 14.9. The molecular weight excluding hydrogens is 278 g/mol. The lowest BCUT2D eigenvalue weighted by molar-refractivity contribution is 0.281. The van der Waals surface area contributed by atoms with E-state index in [4.69, 9.17) is 4.74 Å². The summed E-state index contributed by atoms with van der Waals surface area (Å²) in [6, 6.07) is 4.73. The summed E-state index contributed by atoms with van der Waals surface area (Å²) in [5.74, 6) is 1.00. The van der Waals surface area contributed by atoms with Crippen molar-refractivity contribution in [1.29, 1.82) is 0 Å². The first-order chi connectivity index (χ1) is 9.40. The number of nitrogens with zero attached hydrogens (tertiary/aromatic N) is 1. The van der Waals surface area contributed by atoms with Crippen LogP contribution in [-0.4, -0.2) is 38.0 Å². The van der Waals surface area contributed by atoms with E-state index in [-0.39, 0.29) is 11.5 Å². The lowest BCUT2D eigenvalue weighted by Gasteiger charge is -2.18. The minimum Gasteiger partial charge on any atom is -0.495 e. The highest BCUT2D eigenvalue weighted by atomic mass is 32.2. The van der Waals surface area contributed by atoms with Crippen molar-refractivity contribution in [2.24, 2.45) is 11.8 Å². The van der Waals surface area contributed by atoms with Gasteiger partial charge in [0.25, 0.3) is 0 Å². The summed E-state index contributed by atoms with van der Waals surface area (Å²) in [5.41, 5.74) is 0.560. The van der Waals surface area contributed by atoms with Crippen molar-refractivity contribution in [3.05, 3.63) is 23.8 Å². The normalized spacial score (nSPS) is 24.0. The maximum absolute atomic E-state index is 12.7. The van der Waals surface area contributed by atoms with E-state index in [2.05, 4.69) is 13.8 Å². The molecule has 0 aliphatic carbocycles. The van der Waals surface area contributed by atoms with E-state index < -0.39 is 10.0 Å². The van der Waals surface area contributed by atoms with Crippen molar-refractivity contribution in [2.45, 2.75) is 25.3 Å². The number of benzene rings is 1. The summed E-state index contributed by atoms with van der Waals surface area (Å²) in [6.45, 7) is 4.97. The first-order valence-electron chi connectivity index (χ1n) is 6.68. The Labute approximate surface area is 120 Å². The third-order valence-corrected chi connectivity index (χ3v) is 5.84. The topological polar surface area (TPSA) is 66.8 Å². The third kappa shape index (κ3) is 2.68. The molecule has 0 aromatic heterocycles. The maximum Gasteiger partial charge on any atom is 0.246 e. The van der Waals surface area contributed by atoms with Gasteiger partial charge < -0.3 is 9.84 Å². The van der Waals surface area contributed by atoms with Gasteiger partial charge in [0.1, 0.15) is 10.6 Å². The Morgan fingerprint density at radius 3 is 2.40 bits per heavy atom. The fraction of sp³-hybridized carbons (Fsp3) is 0.571. The molecule has 1 aliphatic heterocycles. The van der Waals surface area contributed by atoms with Gasteiger partial charge >= 0.3 is 0 Å². The molecule has 0 amide bonds. The summed E-state index contributed by atoms with van der Waals surface area (Å²) in [6.07, 6.45) is 0. The summed E-state index contributed by atoms with van der Waals surface area (Å²) < 4.78 is 32.1. The van der Waals surface area contributed by atoms with Crippen LogP contribution in [0.25, 0.3) is 0 Å². The van der Waals surface area contributed by atoms with Gasteiger partial charge in [-0.15, -0.1) is 0 Å². The highest BCUT2D eigenvalue weighted by molar-refractivity contribution is 7.89. The smallest absolute Gasteiger partial charge is 0.246 e. The number of ether oxygens (including phenoxy) is 1. The van der Waals surface area contributed by atoms with Gasteiger partial charge in [0.05, 0.1) is 13.7 Å². The number of methoxy groups -OCH3 is 1. The lowest BCUT2D eigenvalue weighted by atomic mass is 10.0. The van der Waals surface area contributed by atoms with Gasteiger partial charge in [0.2, 0.25) is 10.0 Å². The summed E-state index contributed by atoms with van der Waals surface area (Å²) in [5, 5.41) is 9.19. The molecule has 0 spiro atoms. The van der Waals surface area contributed by atoms with Crippen LogP contribution in [0.1, 0.15) is 19.4 Å². The van der Waals surface area contributed by atoms with E-state index in [9.17, 15) is 13.5 Å². The Kier molecular flexibility index (Phi) is 4.36. The van der Waals surface area contributed by atoms with Crippen LogP contribution in [0.2, 0.25) is 0 Å². The second-order valence-electron chi connectivity index (χ2n) is 5.42. The van der Waals surface area contributed by atoms with Crippen LogP contribution < -0.4 is 4.74 Å². The Hall–Kier alpha value is -1.11. The molecule has 0 radical (unpaired) electrons. The number of aliphatic hydroxyl groups is 1. The molecule has 2 unspecified atom stereocenters. The molecule has 6 heteroatoms. The van der Waals surface area contributed by atoms with Crippen LogP contribution in [0.15, 0.2) is 23.1 Å². The Bertz CT molecular complexity index is 575. The number of hydrogen-bond acceptors (Lipinski definition) is 4. The van der Waals surface area contributed by atoms with Crippen molar-refractivity contribution in [3.8, 4) is 5.75 Å². The zero-order valence-electron chi connectivity index (χ0n) is 12.0. The van der Waals surface area contributed by atoms with Crippen molar-refractivity contribution in [2.75, 3.05) is 20.2 Å². The van der Waals surface area contributed by atoms with Crippen molar-refractivity contribution >= 4 is 10.0 Å². The monoisotopic (exact) mass is 299 g/mol. The minimum absolute atomic E-state index is 0.132. The van der Waals surface area contributed by atoms with Gasteiger partial charge in [0.15, 0.2) is 0 Å². The Balaban J connectivity index is 2.43.